The van der Waals surface area contributed by atoms with Crippen molar-refractivity contribution in [2.75, 3.05) is 0 Å². The summed E-state index contributed by atoms with van der Waals surface area (Å²) in [4.78, 5) is 0. The maximum atomic E-state index is 5.83. The van der Waals surface area contributed by atoms with Crippen molar-refractivity contribution in [1.82, 2.24) is 0 Å². The van der Waals surface area contributed by atoms with Crippen LogP contribution >= 0.6 is 0 Å². The smallest absolute Gasteiger partial charge is 0.125 e. The monoisotopic (exact) mass is 165 g/mol. The summed E-state index contributed by atoms with van der Waals surface area (Å²) in [6, 6.07) is 1.80. The third-order valence-electron chi connectivity index (χ3n) is 2.02. The quantitative estimate of drug-likeness (QED) is 0.684. The Hall–Kier alpha value is -1.02. The molecule has 0 bridgehead atoms. The highest BCUT2D eigenvalue weighted by molar-refractivity contribution is 5.24. The minimum absolute atomic E-state index is 0.169. The van der Waals surface area contributed by atoms with Gasteiger partial charge in [0.25, 0.3) is 0 Å². The number of aryl methyl sites for hydroxylation is 2. The van der Waals surface area contributed by atoms with Crippen molar-refractivity contribution >= 4 is 0 Å². The van der Waals surface area contributed by atoms with Crippen molar-refractivity contribution in [3.8, 4) is 0 Å². The van der Waals surface area contributed by atoms with E-state index >= 15 is 0 Å². The van der Waals surface area contributed by atoms with Crippen molar-refractivity contribution in [3.05, 3.63) is 35.3 Å². The fourth-order valence-corrected chi connectivity index (χ4v) is 0.998. The maximum Gasteiger partial charge on any atom is 0.125 e. The van der Waals surface area contributed by atoms with Crippen LogP contribution < -0.4 is 5.73 Å². The molecule has 0 amide bonds. The van der Waals surface area contributed by atoms with Gasteiger partial charge in [0, 0.05) is 0 Å². The molecule has 0 aliphatic rings. The lowest BCUT2D eigenvalue weighted by Gasteiger charge is -2.06. The van der Waals surface area contributed by atoms with E-state index in [-0.39, 0.29) is 6.04 Å². The summed E-state index contributed by atoms with van der Waals surface area (Å²) in [6.07, 6.45) is 0. The van der Waals surface area contributed by atoms with E-state index in [4.69, 9.17) is 10.2 Å². The summed E-state index contributed by atoms with van der Waals surface area (Å²) in [7, 11) is 0. The Kier molecular flexibility index (Phi) is 2.38. The topological polar surface area (TPSA) is 39.2 Å². The number of hydrogen-bond acceptors (Lipinski definition) is 2. The molecule has 0 fully saturated rings. The van der Waals surface area contributed by atoms with E-state index in [9.17, 15) is 0 Å². The Balaban J connectivity index is 2.96. The Bertz CT molecular complexity index is 279. The number of rotatable bonds is 2. The zero-order valence-electron chi connectivity index (χ0n) is 7.85. The Morgan fingerprint density at radius 3 is 2.50 bits per heavy atom. The molecule has 0 unspecified atom stereocenters. The van der Waals surface area contributed by atoms with Crippen molar-refractivity contribution in [2.45, 2.75) is 26.8 Å². The third kappa shape index (κ3) is 1.59. The number of furan rings is 1. The molecule has 0 aliphatic heterocycles. The minimum atomic E-state index is -0.169. The molecular formula is C10H15NO. The molecule has 1 aromatic rings. The van der Waals surface area contributed by atoms with E-state index in [1.807, 2.05) is 26.8 Å². The lowest BCUT2D eigenvalue weighted by molar-refractivity contribution is 0.463. The first-order valence-corrected chi connectivity index (χ1v) is 4.00. The first-order valence-electron chi connectivity index (χ1n) is 4.00. The Morgan fingerprint density at radius 1 is 1.58 bits per heavy atom. The standard InChI is InChI=1S/C10H15NO/c1-6(2)10(11)9-5-7(3)8(4)12-9/h5,10H,1,11H2,2-4H3/t10-/m1/s1. The van der Waals surface area contributed by atoms with Crippen molar-refractivity contribution < 1.29 is 4.42 Å². The van der Waals surface area contributed by atoms with Crippen LogP contribution in [0.15, 0.2) is 22.6 Å². The van der Waals surface area contributed by atoms with Gasteiger partial charge in [-0.25, -0.2) is 0 Å². The molecule has 2 N–H and O–H groups in total. The van der Waals surface area contributed by atoms with E-state index in [1.54, 1.807) is 0 Å². The van der Waals surface area contributed by atoms with Crippen molar-refractivity contribution in [2.24, 2.45) is 5.73 Å². The number of nitrogens with two attached hydrogens (primary N) is 1. The predicted molar refractivity (Wildman–Crippen MR) is 49.9 cm³/mol. The molecule has 0 aliphatic carbocycles. The van der Waals surface area contributed by atoms with Crippen molar-refractivity contribution in [3.63, 3.8) is 0 Å². The molecule has 0 saturated heterocycles. The summed E-state index contributed by atoms with van der Waals surface area (Å²) in [5.41, 5.74) is 7.89. The van der Waals surface area contributed by atoms with Gasteiger partial charge in [-0.05, 0) is 32.4 Å². The van der Waals surface area contributed by atoms with Crippen LogP contribution in [0.4, 0.5) is 0 Å². The lowest BCUT2D eigenvalue weighted by Crippen LogP contribution is -2.09. The molecule has 0 spiro atoms. The van der Waals surface area contributed by atoms with Crippen LogP contribution in [0.25, 0.3) is 0 Å². The summed E-state index contributed by atoms with van der Waals surface area (Å²) < 4.78 is 5.45. The van der Waals surface area contributed by atoms with Gasteiger partial charge in [-0.3, -0.25) is 0 Å². The fraction of sp³-hybridized carbons (Fsp3) is 0.400. The lowest BCUT2D eigenvalue weighted by atomic mass is 10.1. The molecule has 1 rings (SSSR count). The summed E-state index contributed by atoms with van der Waals surface area (Å²) in [5, 5.41) is 0. The third-order valence-corrected chi connectivity index (χ3v) is 2.02. The van der Waals surface area contributed by atoms with Crippen LogP contribution in [0.3, 0.4) is 0 Å². The second kappa shape index (κ2) is 3.15. The second-order valence-corrected chi connectivity index (χ2v) is 3.21. The molecule has 0 radical (unpaired) electrons. The van der Waals surface area contributed by atoms with E-state index in [1.165, 1.54) is 0 Å². The van der Waals surface area contributed by atoms with Gasteiger partial charge in [0.2, 0.25) is 0 Å². The van der Waals surface area contributed by atoms with Gasteiger partial charge in [0.05, 0.1) is 6.04 Å². The molecule has 1 aromatic heterocycles. The largest absolute Gasteiger partial charge is 0.464 e. The normalized spacial score (nSPS) is 13.0. The van der Waals surface area contributed by atoms with Gasteiger partial charge in [-0.15, -0.1) is 0 Å². The van der Waals surface area contributed by atoms with Crippen LogP contribution in [0.5, 0.6) is 0 Å². The molecule has 0 saturated carbocycles. The average Bonchev–Trinajstić information content (AvgIpc) is 2.30. The number of hydrogen-bond donors (Lipinski definition) is 1. The van der Waals surface area contributed by atoms with Crippen LogP contribution in [0.1, 0.15) is 30.0 Å². The highest BCUT2D eigenvalue weighted by Crippen LogP contribution is 2.22. The molecule has 12 heavy (non-hydrogen) atoms. The zero-order chi connectivity index (χ0) is 9.30. The van der Waals surface area contributed by atoms with Crippen LogP contribution in [0.2, 0.25) is 0 Å². The first-order chi connectivity index (χ1) is 5.52. The molecule has 0 aromatic carbocycles. The van der Waals surface area contributed by atoms with Gasteiger partial charge < -0.3 is 10.2 Å². The van der Waals surface area contributed by atoms with Gasteiger partial charge in [-0.1, -0.05) is 12.2 Å². The van der Waals surface area contributed by atoms with Gasteiger partial charge in [0.1, 0.15) is 11.5 Å². The molecule has 1 atom stereocenters. The summed E-state index contributed by atoms with van der Waals surface area (Å²) in [6.45, 7) is 9.63. The van der Waals surface area contributed by atoms with Crippen LogP contribution in [-0.4, -0.2) is 0 Å². The zero-order valence-corrected chi connectivity index (χ0v) is 7.85. The fourth-order valence-electron chi connectivity index (χ4n) is 0.998. The van der Waals surface area contributed by atoms with Gasteiger partial charge in [0.15, 0.2) is 0 Å². The molecular weight excluding hydrogens is 150 g/mol. The molecule has 1 heterocycles. The molecule has 66 valence electrons. The molecule has 2 heteroatoms. The van der Waals surface area contributed by atoms with E-state index in [0.29, 0.717) is 0 Å². The van der Waals surface area contributed by atoms with Gasteiger partial charge in [-0.2, -0.15) is 0 Å². The highest BCUT2D eigenvalue weighted by Gasteiger charge is 2.11. The first kappa shape index (κ1) is 9.07. The highest BCUT2D eigenvalue weighted by atomic mass is 16.3. The summed E-state index contributed by atoms with van der Waals surface area (Å²) >= 11 is 0. The average molecular weight is 165 g/mol. The van der Waals surface area contributed by atoms with Crippen LogP contribution in [0, 0.1) is 13.8 Å². The van der Waals surface area contributed by atoms with E-state index in [2.05, 4.69) is 6.58 Å². The summed E-state index contributed by atoms with van der Waals surface area (Å²) in [5.74, 6) is 1.74. The van der Waals surface area contributed by atoms with E-state index in [0.717, 1.165) is 22.7 Å². The predicted octanol–water partition coefficient (Wildman–Crippen LogP) is 2.47. The van der Waals surface area contributed by atoms with Gasteiger partial charge >= 0.3 is 0 Å². The SMILES string of the molecule is C=C(C)[C@@H](N)c1cc(C)c(C)o1. The Morgan fingerprint density at radius 2 is 2.17 bits per heavy atom. The van der Waals surface area contributed by atoms with E-state index < -0.39 is 0 Å². The maximum absolute atomic E-state index is 5.83. The van der Waals surface area contributed by atoms with Crippen LogP contribution in [-0.2, 0) is 0 Å². The Labute approximate surface area is 73.1 Å². The van der Waals surface area contributed by atoms with Crippen molar-refractivity contribution in [1.29, 1.82) is 0 Å². The molecule has 2 nitrogen and oxygen atoms in total. The minimum Gasteiger partial charge on any atom is -0.464 e. The second-order valence-electron chi connectivity index (χ2n) is 3.21.